The van der Waals surface area contributed by atoms with Gasteiger partial charge in [-0.25, -0.2) is 0 Å². The molecular weight excluding hydrogens is 120 g/mol. The predicted molar refractivity (Wildman–Crippen MR) is 46.0 cm³/mol. The van der Waals surface area contributed by atoms with Crippen LogP contribution in [-0.2, 0) is 0 Å². The van der Waals surface area contributed by atoms with Crippen molar-refractivity contribution in [2.75, 3.05) is 0 Å². The summed E-state index contributed by atoms with van der Waals surface area (Å²) in [7, 11) is 0. The van der Waals surface area contributed by atoms with Gasteiger partial charge in [0.1, 0.15) is 0 Å². The Morgan fingerprint density at radius 3 is 2.10 bits per heavy atom. The summed E-state index contributed by atoms with van der Waals surface area (Å²) in [6.45, 7) is 7.05. The second-order valence-corrected chi connectivity index (χ2v) is 4.29. The Labute approximate surface area is 65.0 Å². The van der Waals surface area contributed by atoms with Crippen LogP contribution in [0.1, 0.15) is 46.5 Å². The summed E-state index contributed by atoms with van der Waals surface area (Å²) in [5.74, 6) is 3.03. The van der Waals surface area contributed by atoms with Gasteiger partial charge in [0.15, 0.2) is 0 Å². The van der Waals surface area contributed by atoms with Crippen molar-refractivity contribution in [2.24, 2.45) is 17.8 Å². The maximum Gasteiger partial charge on any atom is -0.0388 e. The van der Waals surface area contributed by atoms with Crippen LogP contribution in [0.5, 0.6) is 0 Å². The van der Waals surface area contributed by atoms with Gasteiger partial charge in [-0.2, -0.15) is 0 Å². The molecule has 0 heteroatoms. The average molecular weight is 140 g/mol. The van der Waals surface area contributed by atoms with Crippen LogP contribution in [0.4, 0.5) is 0 Å². The highest BCUT2D eigenvalue weighted by Crippen LogP contribution is 2.38. The largest absolute Gasteiger partial charge is 0.0628 e. The van der Waals surface area contributed by atoms with Crippen LogP contribution in [0.25, 0.3) is 0 Å². The topological polar surface area (TPSA) is 0 Å². The smallest absolute Gasteiger partial charge is 0.0388 e. The van der Waals surface area contributed by atoms with Gasteiger partial charge >= 0.3 is 0 Å². The fraction of sp³-hybridized carbons (Fsp3) is 1.00. The molecule has 0 radical (unpaired) electrons. The molecule has 1 aliphatic carbocycles. The monoisotopic (exact) mass is 140 g/mol. The summed E-state index contributed by atoms with van der Waals surface area (Å²) in [5.41, 5.74) is 0. The van der Waals surface area contributed by atoms with E-state index in [1.807, 2.05) is 0 Å². The molecule has 0 aromatic rings. The Morgan fingerprint density at radius 1 is 1.10 bits per heavy atom. The van der Waals surface area contributed by atoms with Gasteiger partial charge in [0.05, 0.1) is 0 Å². The minimum Gasteiger partial charge on any atom is -0.0628 e. The first-order valence-corrected chi connectivity index (χ1v) is 4.70. The highest BCUT2D eigenvalue weighted by atomic mass is 14.3. The van der Waals surface area contributed by atoms with Crippen molar-refractivity contribution in [3.63, 3.8) is 0 Å². The Balaban J connectivity index is 2.00. The molecular formula is C10H20. The van der Waals surface area contributed by atoms with E-state index in [4.69, 9.17) is 0 Å². The molecule has 0 bridgehead atoms. The van der Waals surface area contributed by atoms with Crippen molar-refractivity contribution < 1.29 is 0 Å². The van der Waals surface area contributed by atoms with E-state index in [1.165, 1.54) is 25.7 Å². The lowest BCUT2D eigenvalue weighted by molar-refractivity contribution is 0.412. The number of rotatable bonds is 4. The summed E-state index contributed by atoms with van der Waals surface area (Å²) < 4.78 is 0. The molecule has 10 heavy (non-hydrogen) atoms. The Hall–Kier alpha value is 0. The minimum absolute atomic E-state index is 0.904. The first kappa shape index (κ1) is 8.10. The molecule has 1 aliphatic rings. The van der Waals surface area contributed by atoms with E-state index in [1.54, 1.807) is 0 Å². The van der Waals surface area contributed by atoms with Crippen LogP contribution in [0.15, 0.2) is 0 Å². The predicted octanol–water partition coefficient (Wildman–Crippen LogP) is 3.47. The molecule has 0 aromatic heterocycles. The zero-order valence-corrected chi connectivity index (χ0v) is 7.56. The maximum atomic E-state index is 2.42. The number of hydrogen-bond acceptors (Lipinski definition) is 0. The SMILES string of the molecule is CC(C)CCC(C)C1CC1. The van der Waals surface area contributed by atoms with Gasteiger partial charge in [-0.1, -0.05) is 33.6 Å². The van der Waals surface area contributed by atoms with Gasteiger partial charge in [-0.05, 0) is 30.6 Å². The van der Waals surface area contributed by atoms with E-state index < -0.39 is 0 Å². The molecule has 0 saturated heterocycles. The summed E-state index contributed by atoms with van der Waals surface area (Å²) in [6.07, 6.45) is 5.92. The molecule has 0 N–H and O–H groups in total. The third-order valence-corrected chi connectivity index (χ3v) is 2.63. The molecule has 1 unspecified atom stereocenters. The van der Waals surface area contributed by atoms with Crippen molar-refractivity contribution in [3.8, 4) is 0 Å². The van der Waals surface area contributed by atoms with Crippen LogP contribution in [0, 0.1) is 17.8 Å². The molecule has 1 rings (SSSR count). The molecule has 1 fully saturated rings. The third-order valence-electron chi connectivity index (χ3n) is 2.63. The Kier molecular flexibility index (Phi) is 2.76. The molecule has 0 aliphatic heterocycles. The van der Waals surface area contributed by atoms with E-state index in [2.05, 4.69) is 20.8 Å². The van der Waals surface area contributed by atoms with Crippen LogP contribution < -0.4 is 0 Å². The average Bonchev–Trinajstić information content (AvgIpc) is 2.63. The molecule has 0 spiro atoms. The lowest BCUT2D eigenvalue weighted by Gasteiger charge is -2.10. The molecule has 0 aromatic carbocycles. The van der Waals surface area contributed by atoms with E-state index in [9.17, 15) is 0 Å². The minimum atomic E-state index is 0.904. The van der Waals surface area contributed by atoms with Crippen LogP contribution in [0.3, 0.4) is 0 Å². The zero-order valence-electron chi connectivity index (χ0n) is 7.56. The summed E-state index contributed by atoms with van der Waals surface area (Å²) in [6, 6.07) is 0. The van der Waals surface area contributed by atoms with Gasteiger partial charge < -0.3 is 0 Å². The van der Waals surface area contributed by atoms with E-state index in [0.29, 0.717) is 0 Å². The first-order valence-electron chi connectivity index (χ1n) is 4.70. The van der Waals surface area contributed by atoms with Crippen molar-refractivity contribution in [3.05, 3.63) is 0 Å². The van der Waals surface area contributed by atoms with E-state index >= 15 is 0 Å². The van der Waals surface area contributed by atoms with E-state index in [-0.39, 0.29) is 0 Å². The molecule has 1 saturated carbocycles. The number of hydrogen-bond donors (Lipinski definition) is 0. The highest BCUT2D eigenvalue weighted by molar-refractivity contribution is 4.78. The molecule has 0 nitrogen and oxygen atoms in total. The van der Waals surface area contributed by atoms with Gasteiger partial charge in [0.25, 0.3) is 0 Å². The van der Waals surface area contributed by atoms with Crippen molar-refractivity contribution in [2.45, 2.75) is 46.5 Å². The van der Waals surface area contributed by atoms with Gasteiger partial charge in [0.2, 0.25) is 0 Å². The van der Waals surface area contributed by atoms with Gasteiger partial charge in [0, 0.05) is 0 Å². The van der Waals surface area contributed by atoms with Crippen molar-refractivity contribution >= 4 is 0 Å². The first-order chi connectivity index (χ1) is 4.70. The standard InChI is InChI=1S/C10H20/c1-8(2)4-5-9(3)10-6-7-10/h8-10H,4-7H2,1-3H3. The maximum absolute atomic E-state index is 2.42. The lowest BCUT2D eigenvalue weighted by atomic mass is 9.96. The van der Waals surface area contributed by atoms with Crippen molar-refractivity contribution in [1.29, 1.82) is 0 Å². The Bertz CT molecular complexity index is 90.2. The molecule has 1 atom stereocenters. The van der Waals surface area contributed by atoms with E-state index in [0.717, 1.165) is 17.8 Å². The lowest BCUT2D eigenvalue weighted by Crippen LogP contribution is -1.99. The second kappa shape index (κ2) is 3.41. The van der Waals surface area contributed by atoms with Gasteiger partial charge in [-0.15, -0.1) is 0 Å². The van der Waals surface area contributed by atoms with Gasteiger partial charge in [-0.3, -0.25) is 0 Å². The fourth-order valence-electron chi connectivity index (χ4n) is 1.50. The molecule has 0 amide bonds. The zero-order chi connectivity index (χ0) is 7.56. The summed E-state index contributed by atoms with van der Waals surface area (Å²) in [4.78, 5) is 0. The molecule has 60 valence electrons. The van der Waals surface area contributed by atoms with Crippen LogP contribution in [0.2, 0.25) is 0 Å². The summed E-state index contributed by atoms with van der Waals surface area (Å²) >= 11 is 0. The van der Waals surface area contributed by atoms with Crippen LogP contribution >= 0.6 is 0 Å². The Morgan fingerprint density at radius 2 is 1.70 bits per heavy atom. The highest BCUT2D eigenvalue weighted by Gasteiger charge is 2.27. The normalized spacial score (nSPS) is 21.6. The third kappa shape index (κ3) is 2.72. The van der Waals surface area contributed by atoms with Crippen LogP contribution in [-0.4, -0.2) is 0 Å². The molecule has 0 heterocycles. The van der Waals surface area contributed by atoms with Crippen molar-refractivity contribution in [1.82, 2.24) is 0 Å². The fourth-order valence-corrected chi connectivity index (χ4v) is 1.50. The summed E-state index contributed by atoms with van der Waals surface area (Å²) in [5, 5.41) is 0. The quantitative estimate of drug-likeness (QED) is 0.561. The second-order valence-electron chi connectivity index (χ2n) is 4.29.